The fourth-order valence-corrected chi connectivity index (χ4v) is 4.18. The standard InChI is InChI=1S/C24H21F3N4O2/c1-15-11-12-30(18-5-3-4-6-19(18)33-24(25,26)27)23-22(15)29-20-9-7-17(14-31(20)23)16-8-10-21(32-2)28-13-16/h3-10,13-15H,11-12H2,1-2H3. The number of fused-ring (bicyclic) bond motifs is 3. The summed E-state index contributed by atoms with van der Waals surface area (Å²) < 4.78 is 50.6. The summed E-state index contributed by atoms with van der Waals surface area (Å²) in [6.45, 7) is 2.61. The lowest BCUT2D eigenvalue weighted by atomic mass is 9.99. The predicted molar refractivity (Wildman–Crippen MR) is 118 cm³/mol. The Balaban J connectivity index is 1.65. The first-order valence-corrected chi connectivity index (χ1v) is 10.5. The van der Waals surface area contributed by atoms with Crippen LogP contribution in [0, 0.1) is 0 Å². The second kappa shape index (κ2) is 7.99. The number of hydrogen-bond acceptors (Lipinski definition) is 5. The summed E-state index contributed by atoms with van der Waals surface area (Å²) in [7, 11) is 1.56. The summed E-state index contributed by atoms with van der Waals surface area (Å²) in [5.41, 5.74) is 3.69. The predicted octanol–water partition coefficient (Wildman–Crippen LogP) is 5.95. The number of halogens is 3. The molecule has 33 heavy (non-hydrogen) atoms. The Morgan fingerprint density at radius 1 is 1.03 bits per heavy atom. The van der Waals surface area contributed by atoms with Crippen LogP contribution in [0.2, 0.25) is 0 Å². The molecule has 0 amide bonds. The minimum absolute atomic E-state index is 0.165. The molecule has 0 spiro atoms. The molecular formula is C24H21F3N4O2. The first kappa shape index (κ1) is 21.1. The fourth-order valence-electron chi connectivity index (χ4n) is 4.18. The molecule has 0 radical (unpaired) electrons. The van der Waals surface area contributed by atoms with E-state index in [2.05, 4.69) is 16.6 Å². The van der Waals surface area contributed by atoms with E-state index in [1.807, 2.05) is 33.7 Å². The third kappa shape index (κ3) is 3.94. The van der Waals surface area contributed by atoms with Crippen molar-refractivity contribution in [3.05, 3.63) is 66.6 Å². The van der Waals surface area contributed by atoms with Crippen molar-refractivity contribution in [1.29, 1.82) is 0 Å². The summed E-state index contributed by atoms with van der Waals surface area (Å²) in [5.74, 6) is 1.18. The van der Waals surface area contributed by atoms with Gasteiger partial charge in [-0.05, 0) is 36.8 Å². The lowest BCUT2D eigenvalue weighted by Crippen LogP contribution is -2.28. The molecule has 1 aromatic carbocycles. The van der Waals surface area contributed by atoms with Crippen molar-refractivity contribution in [1.82, 2.24) is 14.4 Å². The van der Waals surface area contributed by atoms with Gasteiger partial charge in [0.05, 0.1) is 18.5 Å². The van der Waals surface area contributed by atoms with E-state index in [0.717, 1.165) is 34.7 Å². The highest BCUT2D eigenvalue weighted by Crippen LogP contribution is 2.44. The number of anilines is 2. The number of nitrogens with zero attached hydrogens (tertiary/aromatic N) is 4. The third-order valence-electron chi connectivity index (χ3n) is 5.79. The minimum atomic E-state index is -4.78. The van der Waals surface area contributed by atoms with Crippen molar-refractivity contribution < 1.29 is 22.6 Å². The van der Waals surface area contributed by atoms with E-state index in [1.165, 1.54) is 12.1 Å². The molecule has 4 heterocycles. The van der Waals surface area contributed by atoms with Gasteiger partial charge >= 0.3 is 6.36 Å². The first-order chi connectivity index (χ1) is 15.8. The molecule has 1 unspecified atom stereocenters. The summed E-state index contributed by atoms with van der Waals surface area (Å²) >= 11 is 0. The molecular weight excluding hydrogens is 433 g/mol. The average molecular weight is 454 g/mol. The number of para-hydroxylation sites is 2. The van der Waals surface area contributed by atoms with Gasteiger partial charge < -0.3 is 14.4 Å². The lowest BCUT2D eigenvalue weighted by Gasteiger charge is -2.32. The molecule has 5 rings (SSSR count). The van der Waals surface area contributed by atoms with E-state index in [1.54, 1.807) is 31.5 Å². The van der Waals surface area contributed by atoms with Crippen molar-refractivity contribution in [3.63, 3.8) is 0 Å². The van der Waals surface area contributed by atoms with E-state index in [9.17, 15) is 13.2 Å². The second-order valence-corrected chi connectivity index (χ2v) is 7.91. The molecule has 0 bridgehead atoms. The van der Waals surface area contributed by atoms with Crippen LogP contribution >= 0.6 is 0 Å². The van der Waals surface area contributed by atoms with E-state index in [-0.39, 0.29) is 11.7 Å². The van der Waals surface area contributed by atoms with Gasteiger partial charge in [0, 0.05) is 42.0 Å². The number of hydrogen-bond donors (Lipinski definition) is 0. The topological polar surface area (TPSA) is 51.9 Å². The van der Waals surface area contributed by atoms with E-state index in [0.29, 0.717) is 18.1 Å². The van der Waals surface area contributed by atoms with Crippen LogP contribution in [0.5, 0.6) is 11.6 Å². The van der Waals surface area contributed by atoms with Gasteiger partial charge in [0.25, 0.3) is 0 Å². The van der Waals surface area contributed by atoms with Gasteiger partial charge in [-0.25, -0.2) is 9.97 Å². The van der Waals surface area contributed by atoms with Crippen LogP contribution in [0.3, 0.4) is 0 Å². The SMILES string of the molecule is COc1ccc(-c2ccc3nc4c(n3c2)N(c2ccccc2OC(F)(F)F)CCC4C)cn1. The van der Waals surface area contributed by atoms with Gasteiger partial charge in [0.15, 0.2) is 5.75 Å². The quantitative estimate of drug-likeness (QED) is 0.382. The van der Waals surface area contributed by atoms with Crippen molar-refractivity contribution in [2.45, 2.75) is 25.6 Å². The number of pyridine rings is 2. The van der Waals surface area contributed by atoms with Crippen molar-refractivity contribution in [2.75, 3.05) is 18.6 Å². The van der Waals surface area contributed by atoms with Crippen molar-refractivity contribution in [3.8, 4) is 22.8 Å². The molecule has 1 aliphatic heterocycles. The number of methoxy groups -OCH3 is 1. The second-order valence-electron chi connectivity index (χ2n) is 7.91. The third-order valence-corrected chi connectivity index (χ3v) is 5.79. The lowest BCUT2D eigenvalue weighted by molar-refractivity contribution is -0.274. The molecule has 0 aliphatic carbocycles. The highest BCUT2D eigenvalue weighted by atomic mass is 19.4. The van der Waals surface area contributed by atoms with E-state index < -0.39 is 6.36 Å². The van der Waals surface area contributed by atoms with Gasteiger partial charge in [-0.3, -0.25) is 4.40 Å². The van der Waals surface area contributed by atoms with E-state index >= 15 is 0 Å². The molecule has 9 heteroatoms. The number of rotatable bonds is 4. The van der Waals surface area contributed by atoms with Gasteiger partial charge in [-0.15, -0.1) is 13.2 Å². The molecule has 1 aliphatic rings. The fraction of sp³-hybridized carbons (Fsp3) is 0.250. The molecule has 6 nitrogen and oxygen atoms in total. The zero-order chi connectivity index (χ0) is 23.2. The smallest absolute Gasteiger partial charge is 0.481 e. The average Bonchev–Trinajstić information content (AvgIpc) is 3.19. The Labute approximate surface area is 188 Å². The number of alkyl halides is 3. The number of ether oxygens (including phenoxy) is 2. The Morgan fingerprint density at radius 2 is 1.82 bits per heavy atom. The summed E-state index contributed by atoms with van der Waals surface area (Å²) in [6, 6.07) is 13.7. The Kier molecular flexibility index (Phi) is 5.11. The number of imidazole rings is 1. The zero-order valence-electron chi connectivity index (χ0n) is 18.0. The normalized spacial score (nSPS) is 16.0. The van der Waals surface area contributed by atoms with Crippen LogP contribution < -0.4 is 14.4 Å². The Bertz CT molecular complexity index is 1300. The molecule has 0 saturated heterocycles. The monoisotopic (exact) mass is 454 g/mol. The van der Waals surface area contributed by atoms with E-state index in [4.69, 9.17) is 9.72 Å². The molecule has 0 fully saturated rings. The van der Waals surface area contributed by atoms with Crippen LogP contribution in [0.4, 0.5) is 24.7 Å². The molecule has 4 aromatic rings. The number of benzene rings is 1. The maximum absolute atomic E-state index is 13.1. The first-order valence-electron chi connectivity index (χ1n) is 10.5. The number of aromatic nitrogens is 3. The summed E-state index contributed by atoms with van der Waals surface area (Å²) in [6.07, 6.45) is -0.373. The molecule has 0 N–H and O–H groups in total. The van der Waals surface area contributed by atoms with Crippen LogP contribution in [0.15, 0.2) is 60.9 Å². The van der Waals surface area contributed by atoms with Crippen LogP contribution in [-0.2, 0) is 0 Å². The molecule has 3 aromatic heterocycles. The van der Waals surface area contributed by atoms with Crippen molar-refractivity contribution >= 4 is 17.2 Å². The van der Waals surface area contributed by atoms with Gasteiger partial charge in [-0.1, -0.05) is 19.1 Å². The highest BCUT2D eigenvalue weighted by molar-refractivity contribution is 5.74. The largest absolute Gasteiger partial charge is 0.573 e. The molecule has 0 saturated carbocycles. The van der Waals surface area contributed by atoms with Crippen molar-refractivity contribution in [2.24, 2.45) is 0 Å². The van der Waals surface area contributed by atoms with Crippen LogP contribution in [-0.4, -0.2) is 34.4 Å². The minimum Gasteiger partial charge on any atom is -0.481 e. The van der Waals surface area contributed by atoms with Crippen LogP contribution in [0.25, 0.3) is 16.8 Å². The maximum Gasteiger partial charge on any atom is 0.573 e. The summed E-state index contributed by atoms with van der Waals surface area (Å²) in [4.78, 5) is 10.9. The van der Waals surface area contributed by atoms with Gasteiger partial charge in [-0.2, -0.15) is 0 Å². The van der Waals surface area contributed by atoms with Crippen LogP contribution in [0.1, 0.15) is 25.0 Å². The van der Waals surface area contributed by atoms with Gasteiger partial charge in [0.1, 0.15) is 11.5 Å². The molecule has 170 valence electrons. The summed E-state index contributed by atoms with van der Waals surface area (Å²) in [5, 5.41) is 0. The highest BCUT2D eigenvalue weighted by Gasteiger charge is 2.35. The zero-order valence-corrected chi connectivity index (χ0v) is 18.0. The van der Waals surface area contributed by atoms with Gasteiger partial charge in [0.2, 0.25) is 5.88 Å². The Morgan fingerprint density at radius 3 is 2.55 bits per heavy atom. The molecule has 1 atom stereocenters. The maximum atomic E-state index is 13.1. The Hall–Kier alpha value is -3.75.